The molecule has 9 heteroatoms. The Labute approximate surface area is 207 Å². The number of methoxy groups -OCH3 is 1. The summed E-state index contributed by atoms with van der Waals surface area (Å²) in [7, 11) is 1.39. The van der Waals surface area contributed by atoms with E-state index < -0.39 is 35.8 Å². The van der Waals surface area contributed by atoms with Crippen molar-refractivity contribution in [2.75, 3.05) is 23.9 Å². The number of hydrogen-bond acceptors (Lipinski definition) is 5. The number of carbonyl (C=O) groups is 4. The van der Waals surface area contributed by atoms with Crippen molar-refractivity contribution in [3.8, 4) is 0 Å². The fourth-order valence-corrected chi connectivity index (χ4v) is 4.14. The van der Waals surface area contributed by atoms with Gasteiger partial charge in [-0.1, -0.05) is 60.7 Å². The van der Waals surface area contributed by atoms with Crippen molar-refractivity contribution in [2.45, 2.75) is 18.5 Å². The van der Waals surface area contributed by atoms with Crippen LogP contribution < -0.4 is 15.5 Å². The Balaban J connectivity index is 1.62. The van der Waals surface area contributed by atoms with E-state index in [1.54, 1.807) is 54.6 Å². The van der Waals surface area contributed by atoms with E-state index in [9.17, 15) is 24.3 Å². The maximum atomic E-state index is 13.1. The molecule has 1 aliphatic heterocycles. The van der Waals surface area contributed by atoms with E-state index in [2.05, 4.69) is 10.6 Å². The van der Waals surface area contributed by atoms with E-state index >= 15 is 0 Å². The minimum atomic E-state index is -1.17. The Morgan fingerprint density at radius 2 is 1.69 bits per heavy atom. The first kappa shape index (κ1) is 24.6. The van der Waals surface area contributed by atoms with Crippen molar-refractivity contribution in [2.24, 2.45) is 0 Å². The predicted molar refractivity (Wildman–Crippen MR) is 133 cm³/mol. The Morgan fingerprint density at radius 1 is 1.03 bits per heavy atom. The Bertz CT molecular complexity index is 1280. The summed E-state index contributed by atoms with van der Waals surface area (Å²) < 4.78 is 5.03. The Morgan fingerprint density at radius 3 is 2.33 bits per heavy atom. The molecule has 0 saturated carbocycles. The van der Waals surface area contributed by atoms with Crippen LogP contribution in [-0.4, -0.2) is 48.6 Å². The smallest absolute Gasteiger partial charge is 0.326 e. The van der Waals surface area contributed by atoms with Crippen molar-refractivity contribution in [1.82, 2.24) is 5.32 Å². The van der Waals surface area contributed by atoms with Crippen LogP contribution in [0, 0.1) is 0 Å². The molecule has 0 spiro atoms. The lowest BCUT2D eigenvalue weighted by molar-refractivity contribution is -0.139. The summed E-state index contributed by atoms with van der Waals surface area (Å²) in [5.74, 6) is -2.65. The third-order valence-electron chi connectivity index (χ3n) is 5.82. The molecule has 0 fully saturated rings. The molecule has 0 bridgehead atoms. The highest BCUT2D eigenvalue weighted by Gasteiger charge is 2.38. The van der Waals surface area contributed by atoms with Crippen LogP contribution in [0.25, 0.3) is 0 Å². The van der Waals surface area contributed by atoms with E-state index in [0.717, 1.165) is 5.56 Å². The number of anilines is 2. The lowest BCUT2D eigenvalue weighted by atomic mass is 9.99. The van der Waals surface area contributed by atoms with Gasteiger partial charge in [-0.15, -0.1) is 0 Å². The lowest BCUT2D eigenvalue weighted by Gasteiger charge is -2.36. The molecule has 0 saturated heterocycles. The van der Waals surface area contributed by atoms with Crippen LogP contribution in [0.3, 0.4) is 0 Å². The molecule has 1 heterocycles. The summed E-state index contributed by atoms with van der Waals surface area (Å²) in [4.78, 5) is 52.1. The molecule has 0 radical (unpaired) electrons. The molecule has 2 unspecified atom stereocenters. The topological polar surface area (TPSA) is 125 Å². The van der Waals surface area contributed by atoms with Crippen LogP contribution in [0.1, 0.15) is 27.5 Å². The van der Waals surface area contributed by atoms with Gasteiger partial charge in [0.05, 0.1) is 11.4 Å². The van der Waals surface area contributed by atoms with Gasteiger partial charge in [0.15, 0.2) is 0 Å². The van der Waals surface area contributed by atoms with Gasteiger partial charge in [0.25, 0.3) is 17.7 Å². The molecule has 184 valence electrons. The standard InChI is InChI=1S/C27H25N3O6/c1-36-16-23(31)30-22-13-12-19(15-20(22)28-26(33)24(30)18-10-6-3-7-11-18)25(32)29-21(27(34)35)14-17-8-4-2-5-9-17/h2-13,15,21,24H,14,16H2,1H3,(H,28,33)(H,29,32)(H,34,35). The van der Waals surface area contributed by atoms with Crippen LogP contribution >= 0.6 is 0 Å². The molecule has 2 atom stereocenters. The predicted octanol–water partition coefficient (Wildman–Crippen LogP) is 2.79. The van der Waals surface area contributed by atoms with Gasteiger partial charge in [-0.2, -0.15) is 0 Å². The zero-order valence-corrected chi connectivity index (χ0v) is 19.5. The van der Waals surface area contributed by atoms with Crippen molar-refractivity contribution in [1.29, 1.82) is 0 Å². The van der Waals surface area contributed by atoms with Crippen LogP contribution in [-0.2, 0) is 25.5 Å². The number of nitrogens with one attached hydrogen (secondary N) is 2. The Kier molecular flexibility index (Phi) is 7.41. The minimum Gasteiger partial charge on any atom is -0.480 e. The highest BCUT2D eigenvalue weighted by atomic mass is 16.5. The van der Waals surface area contributed by atoms with E-state index in [1.807, 2.05) is 12.1 Å². The van der Waals surface area contributed by atoms with Gasteiger partial charge in [-0.3, -0.25) is 19.3 Å². The zero-order chi connectivity index (χ0) is 25.7. The molecule has 0 aromatic heterocycles. The molecular weight excluding hydrogens is 462 g/mol. The van der Waals surface area contributed by atoms with Gasteiger partial charge < -0.3 is 20.5 Å². The average Bonchev–Trinajstić information content (AvgIpc) is 2.88. The van der Waals surface area contributed by atoms with E-state index in [0.29, 0.717) is 11.3 Å². The molecule has 9 nitrogen and oxygen atoms in total. The van der Waals surface area contributed by atoms with Gasteiger partial charge >= 0.3 is 5.97 Å². The zero-order valence-electron chi connectivity index (χ0n) is 19.5. The summed E-state index contributed by atoms with van der Waals surface area (Å²) in [6, 6.07) is 20.3. The normalized spacial score (nSPS) is 15.4. The van der Waals surface area contributed by atoms with Crippen molar-refractivity contribution in [3.63, 3.8) is 0 Å². The van der Waals surface area contributed by atoms with Gasteiger partial charge in [0.1, 0.15) is 18.7 Å². The fourth-order valence-electron chi connectivity index (χ4n) is 4.14. The Hall–Kier alpha value is -4.50. The average molecular weight is 488 g/mol. The number of aliphatic carboxylic acids is 1. The second kappa shape index (κ2) is 10.8. The molecule has 3 amide bonds. The van der Waals surface area contributed by atoms with E-state index in [4.69, 9.17) is 4.74 Å². The van der Waals surface area contributed by atoms with Crippen LogP contribution in [0.15, 0.2) is 78.9 Å². The van der Waals surface area contributed by atoms with E-state index in [1.165, 1.54) is 24.1 Å². The number of benzene rings is 3. The van der Waals surface area contributed by atoms with Crippen molar-refractivity contribution in [3.05, 3.63) is 95.6 Å². The summed E-state index contributed by atoms with van der Waals surface area (Å²) in [6.45, 7) is -0.238. The first-order valence-electron chi connectivity index (χ1n) is 11.3. The fraction of sp³-hybridized carbons (Fsp3) is 0.185. The molecular formula is C27H25N3O6. The number of rotatable bonds is 8. The van der Waals surface area contributed by atoms with Crippen LogP contribution in [0.5, 0.6) is 0 Å². The number of fused-ring (bicyclic) bond motifs is 1. The minimum absolute atomic E-state index is 0.113. The number of carbonyl (C=O) groups excluding carboxylic acids is 3. The highest BCUT2D eigenvalue weighted by Crippen LogP contribution is 2.39. The largest absolute Gasteiger partial charge is 0.480 e. The molecule has 3 aromatic carbocycles. The van der Waals surface area contributed by atoms with E-state index in [-0.39, 0.29) is 24.3 Å². The maximum absolute atomic E-state index is 13.1. The summed E-state index contributed by atoms with van der Waals surface area (Å²) in [6.07, 6.45) is 0.113. The van der Waals surface area contributed by atoms with Crippen LogP contribution in [0.4, 0.5) is 11.4 Å². The second-order valence-electron chi connectivity index (χ2n) is 8.29. The van der Waals surface area contributed by atoms with Gasteiger partial charge in [0.2, 0.25) is 0 Å². The van der Waals surface area contributed by atoms with Crippen LogP contribution in [0.2, 0.25) is 0 Å². The highest BCUT2D eigenvalue weighted by molar-refractivity contribution is 6.13. The van der Waals surface area contributed by atoms with Crippen molar-refractivity contribution >= 4 is 35.1 Å². The summed E-state index contributed by atoms with van der Waals surface area (Å²) >= 11 is 0. The molecule has 1 aliphatic rings. The molecule has 4 rings (SSSR count). The van der Waals surface area contributed by atoms with Gasteiger partial charge in [-0.05, 0) is 29.3 Å². The first-order chi connectivity index (χ1) is 17.4. The third-order valence-corrected chi connectivity index (χ3v) is 5.82. The quantitative estimate of drug-likeness (QED) is 0.449. The lowest BCUT2D eigenvalue weighted by Crippen LogP contribution is -2.46. The summed E-state index contributed by atoms with van der Waals surface area (Å²) in [5.41, 5.74) is 2.20. The monoisotopic (exact) mass is 487 g/mol. The number of nitrogens with zero attached hydrogens (tertiary/aromatic N) is 1. The molecule has 3 aromatic rings. The number of ether oxygens (including phenoxy) is 1. The third kappa shape index (κ3) is 5.26. The molecule has 3 N–H and O–H groups in total. The number of hydrogen-bond donors (Lipinski definition) is 3. The number of carboxylic acids is 1. The number of carboxylic acid groups (broad SMARTS) is 1. The maximum Gasteiger partial charge on any atom is 0.326 e. The molecule has 36 heavy (non-hydrogen) atoms. The SMILES string of the molecule is COCC(=O)N1c2ccc(C(=O)NC(Cc3ccccc3)C(=O)O)cc2NC(=O)C1c1ccccc1. The van der Waals surface area contributed by atoms with Gasteiger partial charge in [0, 0.05) is 19.1 Å². The van der Waals surface area contributed by atoms with Crippen molar-refractivity contribution < 1.29 is 29.0 Å². The number of amides is 3. The summed E-state index contributed by atoms with van der Waals surface area (Å²) in [5, 5.41) is 14.9. The van der Waals surface area contributed by atoms with Gasteiger partial charge in [-0.25, -0.2) is 4.79 Å². The molecule has 0 aliphatic carbocycles. The first-order valence-corrected chi connectivity index (χ1v) is 11.3. The second-order valence-corrected chi connectivity index (χ2v) is 8.29.